The number of carbonyl (C=O) groups excluding carboxylic acids is 1. The Balaban J connectivity index is 2.27. The van der Waals surface area contributed by atoms with E-state index in [2.05, 4.69) is 24.3 Å². The van der Waals surface area contributed by atoms with Gasteiger partial charge >= 0.3 is 5.97 Å². The van der Waals surface area contributed by atoms with Gasteiger partial charge < -0.3 is 4.74 Å². The Kier molecular flexibility index (Phi) is 4.48. The minimum absolute atomic E-state index is 0.149. The number of rotatable bonds is 7. The maximum Gasteiger partial charge on any atom is 0.328 e. The lowest BCUT2D eigenvalue weighted by Gasteiger charge is -2.34. The van der Waals surface area contributed by atoms with Crippen LogP contribution in [0.25, 0.3) is 0 Å². The molecule has 5 heteroatoms. The zero-order chi connectivity index (χ0) is 14.8. The van der Waals surface area contributed by atoms with Crippen LogP contribution in [0.15, 0.2) is 12.3 Å². The van der Waals surface area contributed by atoms with Crippen LogP contribution in [0.5, 0.6) is 0 Å². The molecule has 0 spiro atoms. The molecule has 20 heavy (non-hydrogen) atoms. The molecule has 0 aromatic carbocycles. The Morgan fingerprint density at radius 3 is 2.75 bits per heavy atom. The van der Waals surface area contributed by atoms with Crippen LogP contribution < -0.4 is 5.32 Å². The van der Waals surface area contributed by atoms with Crippen LogP contribution in [0.4, 0.5) is 0 Å². The molecular formula is C15H25N3O2. The molecule has 1 aliphatic rings. The van der Waals surface area contributed by atoms with Crippen molar-refractivity contribution in [2.45, 2.75) is 58.7 Å². The summed E-state index contributed by atoms with van der Waals surface area (Å²) < 4.78 is 7.19. The van der Waals surface area contributed by atoms with E-state index in [0.29, 0.717) is 19.1 Å². The van der Waals surface area contributed by atoms with Crippen molar-refractivity contribution in [3.8, 4) is 0 Å². The summed E-state index contributed by atoms with van der Waals surface area (Å²) in [7, 11) is 0. The normalized spacial score (nSPS) is 18.1. The summed E-state index contributed by atoms with van der Waals surface area (Å²) in [5, 5.41) is 7.89. The Morgan fingerprint density at radius 1 is 1.60 bits per heavy atom. The average Bonchev–Trinajstić information content (AvgIpc) is 3.13. The summed E-state index contributed by atoms with van der Waals surface area (Å²) in [5.41, 5.74) is 0.311. The number of nitrogens with zero attached hydrogens (tertiary/aromatic N) is 2. The minimum Gasteiger partial charge on any atom is -0.465 e. The summed E-state index contributed by atoms with van der Waals surface area (Å²) in [6.45, 7) is 8.86. The van der Waals surface area contributed by atoms with E-state index in [-0.39, 0.29) is 12.0 Å². The van der Waals surface area contributed by atoms with E-state index < -0.39 is 5.54 Å². The van der Waals surface area contributed by atoms with Crippen LogP contribution in [0.2, 0.25) is 0 Å². The van der Waals surface area contributed by atoms with Gasteiger partial charge in [-0.25, -0.2) is 4.79 Å². The smallest absolute Gasteiger partial charge is 0.328 e. The van der Waals surface area contributed by atoms with Crippen molar-refractivity contribution in [1.29, 1.82) is 0 Å². The fourth-order valence-electron chi connectivity index (χ4n) is 2.74. The van der Waals surface area contributed by atoms with Crippen LogP contribution in [-0.2, 0) is 16.1 Å². The van der Waals surface area contributed by atoms with Gasteiger partial charge in [0.1, 0.15) is 5.54 Å². The van der Waals surface area contributed by atoms with Crippen LogP contribution in [-0.4, -0.2) is 33.9 Å². The fraction of sp³-hybridized carbons (Fsp3) is 0.733. The molecule has 1 heterocycles. The van der Waals surface area contributed by atoms with E-state index >= 15 is 0 Å². The molecule has 0 bridgehead atoms. The van der Waals surface area contributed by atoms with E-state index in [1.54, 1.807) is 0 Å². The molecule has 1 aromatic rings. The first-order valence-corrected chi connectivity index (χ1v) is 7.43. The lowest BCUT2D eigenvalue weighted by Crippen LogP contribution is -2.60. The molecule has 2 rings (SSSR count). The predicted octanol–water partition coefficient (Wildman–Crippen LogP) is 1.90. The second kappa shape index (κ2) is 5.95. The Morgan fingerprint density at radius 2 is 2.30 bits per heavy atom. The van der Waals surface area contributed by atoms with E-state index in [4.69, 9.17) is 4.74 Å². The first kappa shape index (κ1) is 15.0. The van der Waals surface area contributed by atoms with Crippen molar-refractivity contribution in [3.05, 3.63) is 18.0 Å². The van der Waals surface area contributed by atoms with Crippen molar-refractivity contribution >= 4 is 5.97 Å². The van der Waals surface area contributed by atoms with Gasteiger partial charge in [-0.3, -0.25) is 10.00 Å². The lowest BCUT2D eigenvalue weighted by atomic mass is 9.92. The fourth-order valence-corrected chi connectivity index (χ4v) is 2.74. The highest BCUT2D eigenvalue weighted by Crippen LogP contribution is 2.41. The number of nitrogens with one attached hydrogen (secondary N) is 1. The molecule has 1 saturated carbocycles. The van der Waals surface area contributed by atoms with E-state index in [1.807, 2.05) is 30.8 Å². The topological polar surface area (TPSA) is 56.2 Å². The van der Waals surface area contributed by atoms with Gasteiger partial charge in [-0.15, -0.1) is 0 Å². The number of hydrogen-bond donors (Lipinski definition) is 1. The summed E-state index contributed by atoms with van der Waals surface area (Å²) >= 11 is 0. The lowest BCUT2D eigenvalue weighted by molar-refractivity contribution is -0.153. The van der Waals surface area contributed by atoms with Gasteiger partial charge in [-0.05, 0) is 52.5 Å². The van der Waals surface area contributed by atoms with Gasteiger partial charge in [0.25, 0.3) is 0 Å². The van der Waals surface area contributed by atoms with Gasteiger partial charge in [0, 0.05) is 12.2 Å². The molecule has 1 fully saturated rings. The van der Waals surface area contributed by atoms with Gasteiger partial charge in [0.05, 0.1) is 18.8 Å². The number of carbonyl (C=O) groups is 1. The monoisotopic (exact) mass is 279 g/mol. The second-order valence-electron chi connectivity index (χ2n) is 5.92. The van der Waals surface area contributed by atoms with Crippen molar-refractivity contribution in [3.63, 3.8) is 0 Å². The summed E-state index contributed by atoms with van der Waals surface area (Å²) in [5.74, 6) is 0.192. The highest BCUT2D eigenvalue weighted by molar-refractivity contribution is 5.82. The molecule has 0 radical (unpaired) electrons. The molecule has 1 unspecified atom stereocenters. The Labute approximate surface area is 120 Å². The quantitative estimate of drug-likeness (QED) is 0.775. The molecule has 1 N–H and O–H groups in total. The minimum atomic E-state index is -0.650. The third-order valence-corrected chi connectivity index (χ3v) is 3.65. The SMILES string of the molecule is CCOC(=O)C(Cn1ccc(C)n1)(NC(C)C)C1CC1. The number of aromatic nitrogens is 2. The molecule has 0 aliphatic heterocycles. The molecule has 5 nitrogen and oxygen atoms in total. The molecule has 1 atom stereocenters. The predicted molar refractivity (Wildman–Crippen MR) is 77.3 cm³/mol. The van der Waals surface area contributed by atoms with Gasteiger partial charge in [0.15, 0.2) is 0 Å². The number of ether oxygens (including phenoxy) is 1. The third-order valence-electron chi connectivity index (χ3n) is 3.65. The van der Waals surface area contributed by atoms with Gasteiger partial charge in [-0.2, -0.15) is 5.10 Å². The average molecular weight is 279 g/mol. The van der Waals surface area contributed by atoms with Crippen LogP contribution in [0.3, 0.4) is 0 Å². The van der Waals surface area contributed by atoms with E-state index in [1.165, 1.54) is 0 Å². The highest BCUT2D eigenvalue weighted by atomic mass is 16.5. The zero-order valence-corrected chi connectivity index (χ0v) is 12.8. The van der Waals surface area contributed by atoms with Crippen molar-refractivity contribution < 1.29 is 9.53 Å². The number of aryl methyl sites for hydroxylation is 1. The number of esters is 1. The van der Waals surface area contributed by atoms with Crippen LogP contribution >= 0.6 is 0 Å². The van der Waals surface area contributed by atoms with Crippen molar-refractivity contribution in [2.24, 2.45) is 5.92 Å². The van der Waals surface area contributed by atoms with Gasteiger partial charge in [-0.1, -0.05) is 0 Å². The maximum atomic E-state index is 12.6. The van der Waals surface area contributed by atoms with Crippen LogP contribution in [0.1, 0.15) is 39.3 Å². The second-order valence-corrected chi connectivity index (χ2v) is 5.92. The molecule has 1 aliphatic carbocycles. The summed E-state index contributed by atoms with van der Waals surface area (Å²) in [6, 6.07) is 2.18. The third kappa shape index (κ3) is 3.20. The summed E-state index contributed by atoms with van der Waals surface area (Å²) in [4.78, 5) is 12.6. The van der Waals surface area contributed by atoms with Gasteiger partial charge in [0.2, 0.25) is 0 Å². The highest BCUT2D eigenvalue weighted by Gasteiger charge is 2.52. The molecular weight excluding hydrogens is 254 g/mol. The summed E-state index contributed by atoms with van der Waals surface area (Å²) in [6.07, 6.45) is 4.06. The van der Waals surface area contributed by atoms with Crippen molar-refractivity contribution in [2.75, 3.05) is 6.61 Å². The molecule has 0 saturated heterocycles. The first-order valence-electron chi connectivity index (χ1n) is 7.43. The Bertz CT molecular complexity index is 465. The maximum absolute atomic E-state index is 12.6. The van der Waals surface area contributed by atoms with Crippen LogP contribution in [0, 0.1) is 12.8 Å². The molecule has 1 aromatic heterocycles. The molecule has 112 valence electrons. The first-order chi connectivity index (χ1) is 9.48. The molecule has 0 amide bonds. The van der Waals surface area contributed by atoms with E-state index in [9.17, 15) is 4.79 Å². The standard InChI is InChI=1S/C15H25N3O2/c1-5-20-14(19)15(13-6-7-13,16-11(2)3)10-18-9-8-12(4)17-18/h8-9,11,13,16H,5-7,10H2,1-4H3. The zero-order valence-electron chi connectivity index (χ0n) is 12.8. The van der Waals surface area contributed by atoms with E-state index in [0.717, 1.165) is 18.5 Å². The van der Waals surface area contributed by atoms with Crippen molar-refractivity contribution in [1.82, 2.24) is 15.1 Å². The number of hydrogen-bond acceptors (Lipinski definition) is 4. The Hall–Kier alpha value is -1.36. The largest absolute Gasteiger partial charge is 0.465 e.